The number of benzene rings is 4. The fourth-order valence-corrected chi connectivity index (χ4v) is 7.27. The van der Waals surface area contributed by atoms with Gasteiger partial charge in [-0.05, 0) is 73.9 Å². The van der Waals surface area contributed by atoms with Gasteiger partial charge in [-0.15, -0.1) is 0 Å². The molecule has 1 aliphatic heterocycles. The molecule has 0 radical (unpaired) electrons. The zero-order chi connectivity index (χ0) is 31.9. The molecule has 1 atom stereocenters. The van der Waals surface area contributed by atoms with Crippen molar-refractivity contribution in [2.45, 2.75) is 26.8 Å². The van der Waals surface area contributed by atoms with Gasteiger partial charge in [-0.2, -0.15) is 0 Å². The van der Waals surface area contributed by atoms with Crippen LogP contribution in [0, 0.1) is 13.8 Å². The Morgan fingerprint density at radius 1 is 0.957 bits per heavy atom. The number of amides is 1. The second-order valence-electron chi connectivity index (χ2n) is 11.5. The molecule has 0 unspecified atom stereocenters. The third kappa shape index (κ3) is 5.16. The van der Waals surface area contributed by atoms with Crippen molar-refractivity contribution in [3.05, 3.63) is 150 Å². The number of fused-ring (bicyclic) bond motifs is 2. The third-order valence-corrected chi connectivity index (χ3v) is 9.32. The Hall–Kier alpha value is -5.47. The number of methoxy groups -OCH3 is 1. The quantitative estimate of drug-likeness (QED) is 0.218. The maximum absolute atomic E-state index is 14.5. The molecule has 0 saturated heterocycles. The Morgan fingerprint density at radius 3 is 2.43 bits per heavy atom. The number of allylic oxidation sites excluding steroid dienone is 1. The van der Waals surface area contributed by atoms with Crippen molar-refractivity contribution in [2.75, 3.05) is 12.4 Å². The number of carbonyl (C=O) groups is 1. The number of nitrogens with one attached hydrogen (secondary N) is 2. The predicted molar refractivity (Wildman–Crippen MR) is 185 cm³/mol. The van der Waals surface area contributed by atoms with Crippen LogP contribution in [-0.2, 0) is 4.79 Å². The number of aryl methyl sites for hydroxylation is 2. The van der Waals surface area contributed by atoms with Crippen LogP contribution in [0.5, 0.6) is 5.75 Å². The first-order chi connectivity index (χ1) is 22.3. The van der Waals surface area contributed by atoms with Crippen molar-refractivity contribution in [3.63, 3.8) is 0 Å². The topological polar surface area (TPSA) is 88.5 Å². The minimum absolute atomic E-state index is 0.216. The monoisotopic (exact) mass is 624 g/mol. The molecular formula is C38H32N4O3S. The minimum atomic E-state index is -0.710. The van der Waals surface area contributed by atoms with Crippen LogP contribution >= 0.6 is 11.3 Å². The Morgan fingerprint density at radius 2 is 1.70 bits per heavy atom. The van der Waals surface area contributed by atoms with Gasteiger partial charge in [0.05, 0.1) is 34.6 Å². The number of anilines is 1. The summed E-state index contributed by atoms with van der Waals surface area (Å²) in [5.74, 6) is 0.317. The molecule has 7 nitrogen and oxygen atoms in total. The van der Waals surface area contributed by atoms with Gasteiger partial charge in [0.1, 0.15) is 5.75 Å². The van der Waals surface area contributed by atoms with Crippen LogP contribution in [0.25, 0.3) is 28.2 Å². The molecule has 0 spiro atoms. The van der Waals surface area contributed by atoms with Crippen molar-refractivity contribution < 1.29 is 9.53 Å². The van der Waals surface area contributed by atoms with E-state index in [0.717, 1.165) is 44.4 Å². The summed E-state index contributed by atoms with van der Waals surface area (Å²) < 4.78 is 7.71. The molecule has 0 aliphatic carbocycles. The lowest BCUT2D eigenvalue weighted by Gasteiger charge is -2.25. The molecule has 2 N–H and O–H groups in total. The number of nitrogens with zero attached hydrogens (tertiary/aromatic N) is 2. The van der Waals surface area contributed by atoms with Crippen molar-refractivity contribution in [2.24, 2.45) is 4.99 Å². The van der Waals surface area contributed by atoms with Crippen LogP contribution in [0.4, 0.5) is 5.69 Å². The maximum atomic E-state index is 14.5. The van der Waals surface area contributed by atoms with E-state index in [-0.39, 0.29) is 11.5 Å². The van der Waals surface area contributed by atoms with E-state index in [1.807, 2.05) is 85.8 Å². The number of ether oxygens (including phenoxy) is 1. The molecule has 1 aliphatic rings. The van der Waals surface area contributed by atoms with Crippen molar-refractivity contribution in [3.8, 4) is 17.0 Å². The fourth-order valence-electron chi connectivity index (χ4n) is 6.25. The Kier molecular flexibility index (Phi) is 7.50. The summed E-state index contributed by atoms with van der Waals surface area (Å²) in [5.41, 5.74) is 8.37. The number of hydrogen-bond acceptors (Lipinski definition) is 5. The van der Waals surface area contributed by atoms with E-state index in [1.165, 1.54) is 11.3 Å². The standard InChI is InChI=1S/C38H32N4O3S/c1-22-18-23(2)33-29(19-22)30(34(41-33)25-12-7-5-8-13-25)21-31-37(44)42-35(26-14-11-17-28(20-26)45-4)32(24(3)39-38(42)46-31)36(43)40-27-15-9-6-10-16-27/h5-21,35,41H,1-4H3,(H,40,43)/b31-21-/t35-/m1/s1. The van der Waals surface area contributed by atoms with E-state index in [4.69, 9.17) is 9.73 Å². The first kappa shape index (κ1) is 29.3. The third-order valence-electron chi connectivity index (χ3n) is 8.33. The van der Waals surface area contributed by atoms with E-state index in [2.05, 4.69) is 48.4 Å². The zero-order valence-electron chi connectivity index (χ0n) is 25.9. The Labute approximate surface area is 269 Å². The van der Waals surface area contributed by atoms with E-state index in [0.29, 0.717) is 32.0 Å². The molecule has 0 bridgehead atoms. The largest absolute Gasteiger partial charge is 0.497 e. The van der Waals surface area contributed by atoms with E-state index >= 15 is 0 Å². The highest BCUT2D eigenvalue weighted by molar-refractivity contribution is 7.07. The van der Waals surface area contributed by atoms with Crippen molar-refractivity contribution in [1.29, 1.82) is 0 Å². The van der Waals surface area contributed by atoms with E-state index < -0.39 is 6.04 Å². The van der Waals surface area contributed by atoms with Crippen LogP contribution in [0.3, 0.4) is 0 Å². The van der Waals surface area contributed by atoms with Gasteiger partial charge in [-0.25, -0.2) is 4.99 Å². The van der Waals surface area contributed by atoms with Crippen LogP contribution in [0.2, 0.25) is 0 Å². The number of carbonyl (C=O) groups excluding carboxylic acids is 1. The van der Waals surface area contributed by atoms with Gasteiger partial charge in [0.15, 0.2) is 4.80 Å². The number of aromatic amines is 1. The molecular weight excluding hydrogens is 593 g/mol. The molecule has 6 aromatic rings. The van der Waals surface area contributed by atoms with Gasteiger partial charge >= 0.3 is 0 Å². The summed E-state index contributed by atoms with van der Waals surface area (Å²) in [7, 11) is 1.60. The molecule has 7 rings (SSSR count). The average Bonchev–Trinajstić information content (AvgIpc) is 3.58. The molecule has 228 valence electrons. The number of para-hydroxylation sites is 1. The summed E-state index contributed by atoms with van der Waals surface area (Å²) in [6, 6.07) is 30.5. The van der Waals surface area contributed by atoms with E-state index in [9.17, 15) is 9.59 Å². The van der Waals surface area contributed by atoms with Crippen LogP contribution < -0.4 is 24.9 Å². The molecule has 1 amide bonds. The molecule has 3 heterocycles. The van der Waals surface area contributed by atoms with Crippen LogP contribution in [0.15, 0.2) is 118 Å². The summed E-state index contributed by atoms with van der Waals surface area (Å²) >= 11 is 1.33. The zero-order valence-corrected chi connectivity index (χ0v) is 26.7. The first-order valence-corrected chi connectivity index (χ1v) is 15.9. The SMILES string of the molecule is COc1cccc([C@@H]2C(C(=O)Nc3ccccc3)=C(C)N=c3s/c(=C\c4c(-c5ccccc5)[nH]c5c(C)cc(C)cc45)c(=O)n32)c1. The molecule has 8 heteroatoms. The average molecular weight is 625 g/mol. The number of hydrogen-bond donors (Lipinski definition) is 2. The number of rotatable bonds is 6. The normalized spacial score (nSPS) is 14.7. The van der Waals surface area contributed by atoms with Gasteiger partial charge in [-0.3, -0.25) is 14.2 Å². The molecule has 46 heavy (non-hydrogen) atoms. The van der Waals surface area contributed by atoms with Crippen LogP contribution in [-0.4, -0.2) is 22.6 Å². The van der Waals surface area contributed by atoms with Gasteiger partial charge in [0, 0.05) is 22.2 Å². The highest BCUT2D eigenvalue weighted by atomic mass is 32.1. The highest BCUT2D eigenvalue weighted by Crippen LogP contribution is 2.34. The summed E-state index contributed by atoms with van der Waals surface area (Å²) in [4.78, 5) is 37.5. The van der Waals surface area contributed by atoms with Crippen LogP contribution in [0.1, 0.15) is 35.2 Å². The predicted octanol–water partition coefficient (Wildman–Crippen LogP) is 6.65. The molecule has 2 aromatic heterocycles. The molecule has 0 fully saturated rings. The van der Waals surface area contributed by atoms with Crippen molar-refractivity contribution in [1.82, 2.24) is 9.55 Å². The second kappa shape index (κ2) is 11.8. The fraction of sp³-hybridized carbons (Fsp3) is 0.132. The number of H-pyrrole nitrogens is 1. The lowest BCUT2D eigenvalue weighted by Crippen LogP contribution is -2.40. The smallest absolute Gasteiger partial charge is 0.271 e. The summed E-state index contributed by atoms with van der Waals surface area (Å²) in [6.07, 6.45) is 1.97. The van der Waals surface area contributed by atoms with Gasteiger partial charge < -0.3 is 15.0 Å². The minimum Gasteiger partial charge on any atom is -0.497 e. The van der Waals surface area contributed by atoms with Crippen molar-refractivity contribution >= 4 is 39.9 Å². The first-order valence-electron chi connectivity index (χ1n) is 15.0. The summed E-state index contributed by atoms with van der Waals surface area (Å²) in [6.45, 7) is 6.00. The van der Waals surface area contributed by atoms with Gasteiger partial charge in [0.2, 0.25) is 0 Å². The lowest BCUT2D eigenvalue weighted by atomic mass is 9.95. The highest BCUT2D eigenvalue weighted by Gasteiger charge is 2.33. The van der Waals surface area contributed by atoms with E-state index in [1.54, 1.807) is 11.7 Å². The second-order valence-corrected chi connectivity index (χ2v) is 12.5. The summed E-state index contributed by atoms with van der Waals surface area (Å²) in [5, 5.41) is 4.06. The van der Waals surface area contributed by atoms with Gasteiger partial charge in [-0.1, -0.05) is 83.6 Å². The molecule has 4 aromatic carbocycles. The molecule has 0 saturated carbocycles. The number of aromatic nitrogens is 2. The Bertz CT molecular complexity index is 2350. The Balaban J connectivity index is 1.46. The lowest BCUT2D eigenvalue weighted by molar-refractivity contribution is -0.113. The van der Waals surface area contributed by atoms with Gasteiger partial charge in [0.25, 0.3) is 11.5 Å². The maximum Gasteiger partial charge on any atom is 0.271 e. The number of thiazole rings is 1.